The molecule has 0 radical (unpaired) electrons. The largest absolute Gasteiger partial charge is 0.462 e. The van der Waals surface area contributed by atoms with Crippen molar-refractivity contribution in [2.45, 2.75) is 32.8 Å². The van der Waals surface area contributed by atoms with E-state index < -0.39 is 12.1 Å². The summed E-state index contributed by atoms with van der Waals surface area (Å²) in [5.41, 5.74) is 1.48. The first-order chi connectivity index (χ1) is 9.13. The predicted octanol–water partition coefficient (Wildman–Crippen LogP) is 1.62. The molecule has 6 heteroatoms. The zero-order valence-corrected chi connectivity index (χ0v) is 11.1. The lowest BCUT2D eigenvalue weighted by Crippen LogP contribution is -2.27. The molecule has 104 valence electrons. The van der Waals surface area contributed by atoms with Crippen LogP contribution in [-0.2, 0) is 14.3 Å². The third kappa shape index (κ3) is 2.96. The van der Waals surface area contributed by atoms with Gasteiger partial charge in [0.15, 0.2) is 0 Å². The van der Waals surface area contributed by atoms with E-state index in [1.165, 1.54) is 0 Å². The third-order valence-electron chi connectivity index (χ3n) is 3.04. The van der Waals surface area contributed by atoms with Crippen molar-refractivity contribution in [1.82, 2.24) is 4.98 Å². The number of anilines is 1. The molecule has 6 nitrogen and oxygen atoms in total. The molecule has 2 heterocycles. The van der Waals surface area contributed by atoms with Gasteiger partial charge in [-0.2, -0.15) is 0 Å². The average Bonchev–Trinajstić information content (AvgIpc) is 2.99. The highest BCUT2D eigenvalue weighted by molar-refractivity contribution is 6.03. The number of esters is 1. The average molecular weight is 266 g/mol. The molecule has 0 aliphatic carbocycles. The molecule has 1 atom stereocenters. The quantitative estimate of drug-likeness (QED) is 0.811. The Labute approximate surface area is 111 Å². The predicted molar refractivity (Wildman–Crippen MR) is 69.1 cm³/mol. The number of carbonyl (C=O) groups is 2. The van der Waals surface area contributed by atoms with Gasteiger partial charge < -0.3 is 19.8 Å². The molecular formula is C13H18N2O4. The van der Waals surface area contributed by atoms with Gasteiger partial charge in [-0.3, -0.25) is 4.79 Å². The van der Waals surface area contributed by atoms with Gasteiger partial charge in [-0.15, -0.1) is 0 Å². The van der Waals surface area contributed by atoms with E-state index in [9.17, 15) is 9.59 Å². The van der Waals surface area contributed by atoms with Crippen LogP contribution in [-0.4, -0.2) is 36.2 Å². The van der Waals surface area contributed by atoms with Crippen LogP contribution in [0.25, 0.3) is 0 Å². The fraction of sp³-hybridized carbons (Fsp3) is 0.538. The summed E-state index contributed by atoms with van der Waals surface area (Å²) < 4.78 is 10.3. The van der Waals surface area contributed by atoms with Gasteiger partial charge in [0, 0.05) is 18.5 Å². The number of hydrogen-bond acceptors (Lipinski definition) is 4. The Bertz CT molecular complexity index is 475. The van der Waals surface area contributed by atoms with Crippen LogP contribution in [0.4, 0.5) is 5.69 Å². The number of nitrogens with one attached hydrogen (secondary N) is 2. The van der Waals surface area contributed by atoms with Crippen molar-refractivity contribution >= 4 is 17.6 Å². The summed E-state index contributed by atoms with van der Waals surface area (Å²) in [5.74, 6) is -0.661. The lowest BCUT2D eigenvalue weighted by molar-refractivity contribution is -0.124. The van der Waals surface area contributed by atoms with E-state index in [0.29, 0.717) is 36.6 Å². The number of ether oxygens (including phenoxy) is 2. The highest BCUT2D eigenvalue weighted by Gasteiger charge is 2.26. The fourth-order valence-electron chi connectivity index (χ4n) is 2.09. The maximum absolute atomic E-state index is 12.0. The number of aromatic amines is 1. The Morgan fingerprint density at radius 2 is 2.37 bits per heavy atom. The van der Waals surface area contributed by atoms with E-state index in [-0.39, 0.29) is 5.91 Å². The Balaban J connectivity index is 2.11. The van der Waals surface area contributed by atoms with E-state index >= 15 is 0 Å². The standard InChI is InChI=1S/C13H18N2O4/c1-3-18-13(17)11-8(2)14-7-9(11)15-12(16)10-5-4-6-19-10/h7,10,14H,3-6H2,1-2H3,(H,15,16)/t10-/m0/s1. The van der Waals surface area contributed by atoms with E-state index in [4.69, 9.17) is 9.47 Å². The maximum atomic E-state index is 12.0. The molecule has 0 bridgehead atoms. The zero-order valence-electron chi connectivity index (χ0n) is 11.1. The molecule has 0 saturated carbocycles. The number of aromatic nitrogens is 1. The fourth-order valence-corrected chi connectivity index (χ4v) is 2.09. The van der Waals surface area contributed by atoms with E-state index in [2.05, 4.69) is 10.3 Å². The summed E-state index contributed by atoms with van der Waals surface area (Å²) in [5, 5.41) is 2.72. The maximum Gasteiger partial charge on any atom is 0.342 e. The summed E-state index contributed by atoms with van der Waals surface area (Å²) in [7, 11) is 0. The number of rotatable bonds is 4. The minimum absolute atomic E-state index is 0.220. The second kappa shape index (κ2) is 5.88. The zero-order chi connectivity index (χ0) is 13.8. The summed E-state index contributed by atoms with van der Waals surface area (Å²) in [6.07, 6.45) is 2.76. The second-order valence-electron chi connectivity index (χ2n) is 4.41. The first-order valence-electron chi connectivity index (χ1n) is 6.41. The van der Waals surface area contributed by atoms with Crippen LogP contribution >= 0.6 is 0 Å². The number of H-pyrrole nitrogens is 1. The van der Waals surface area contributed by atoms with Crippen molar-refractivity contribution in [2.24, 2.45) is 0 Å². The molecule has 1 aliphatic heterocycles. The van der Waals surface area contributed by atoms with Gasteiger partial charge in [-0.1, -0.05) is 0 Å². The van der Waals surface area contributed by atoms with Crippen molar-refractivity contribution in [3.05, 3.63) is 17.5 Å². The molecule has 2 rings (SSSR count). The Morgan fingerprint density at radius 3 is 3.00 bits per heavy atom. The minimum atomic E-state index is -0.441. The number of carbonyl (C=O) groups excluding carboxylic acids is 2. The summed E-state index contributed by atoms with van der Waals surface area (Å²) in [6.45, 7) is 4.40. The molecule has 2 N–H and O–H groups in total. The van der Waals surface area contributed by atoms with Crippen molar-refractivity contribution in [1.29, 1.82) is 0 Å². The van der Waals surface area contributed by atoms with Crippen molar-refractivity contribution in [3.63, 3.8) is 0 Å². The van der Waals surface area contributed by atoms with Gasteiger partial charge in [0.25, 0.3) is 5.91 Å². The summed E-state index contributed by atoms with van der Waals surface area (Å²) in [4.78, 5) is 26.7. The SMILES string of the molecule is CCOC(=O)c1c(NC(=O)[C@@H]2CCCO2)c[nH]c1C. The van der Waals surface area contributed by atoms with Crippen LogP contribution in [0.3, 0.4) is 0 Å². The smallest absolute Gasteiger partial charge is 0.342 e. The molecule has 19 heavy (non-hydrogen) atoms. The molecule has 1 aromatic heterocycles. The first-order valence-corrected chi connectivity index (χ1v) is 6.41. The molecule has 1 aromatic rings. The van der Waals surface area contributed by atoms with E-state index in [1.807, 2.05) is 0 Å². The number of amides is 1. The second-order valence-corrected chi connectivity index (χ2v) is 4.41. The molecule has 1 aliphatic rings. The van der Waals surface area contributed by atoms with E-state index in [0.717, 1.165) is 6.42 Å². The molecular weight excluding hydrogens is 248 g/mol. The van der Waals surface area contributed by atoms with Crippen LogP contribution in [0.2, 0.25) is 0 Å². The number of aryl methyl sites for hydroxylation is 1. The van der Waals surface area contributed by atoms with Crippen molar-refractivity contribution in [2.75, 3.05) is 18.5 Å². The number of hydrogen-bond donors (Lipinski definition) is 2. The molecule has 1 fully saturated rings. The van der Waals surface area contributed by atoms with Gasteiger partial charge in [-0.05, 0) is 26.7 Å². The highest BCUT2D eigenvalue weighted by Crippen LogP contribution is 2.22. The normalized spacial score (nSPS) is 18.3. The highest BCUT2D eigenvalue weighted by atomic mass is 16.5. The van der Waals surface area contributed by atoms with Gasteiger partial charge in [0.1, 0.15) is 11.7 Å². The van der Waals surface area contributed by atoms with Gasteiger partial charge in [0.05, 0.1) is 12.3 Å². The molecule has 1 saturated heterocycles. The van der Waals surface area contributed by atoms with E-state index in [1.54, 1.807) is 20.0 Å². The van der Waals surface area contributed by atoms with Gasteiger partial charge >= 0.3 is 5.97 Å². The van der Waals surface area contributed by atoms with Crippen molar-refractivity contribution < 1.29 is 19.1 Å². The molecule has 0 spiro atoms. The minimum Gasteiger partial charge on any atom is -0.462 e. The van der Waals surface area contributed by atoms with Crippen LogP contribution in [0.1, 0.15) is 35.8 Å². The van der Waals surface area contributed by atoms with Crippen LogP contribution < -0.4 is 5.32 Å². The van der Waals surface area contributed by atoms with Crippen LogP contribution in [0.5, 0.6) is 0 Å². The summed E-state index contributed by atoms with van der Waals surface area (Å²) in [6, 6.07) is 0. The molecule has 0 unspecified atom stereocenters. The Hall–Kier alpha value is -1.82. The van der Waals surface area contributed by atoms with Crippen molar-refractivity contribution in [3.8, 4) is 0 Å². The van der Waals surface area contributed by atoms with Gasteiger partial charge in [-0.25, -0.2) is 4.79 Å². The summed E-state index contributed by atoms with van der Waals surface area (Å²) >= 11 is 0. The van der Waals surface area contributed by atoms with Crippen LogP contribution in [0.15, 0.2) is 6.20 Å². The Kier molecular flexibility index (Phi) is 4.21. The molecule has 0 aromatic carbocycles. The third-order valence-corrected chi connectivity index (χ3v) is 3.04. The van der Waals surface area contributed by atoms with Crippen LogP contribution in [0, 0.1) is 6.92 Å². The first kappa shape index (κ1) is 13.6. The van der Waals surface area contributed by atoms with Gasteiger partial charge in [0.2, 0.25) is 0 Å². The lowest BCUT2D eigenvalue weighted by atomic mass is 10.2. The topological polar surface area (TPSA) is 80.4 Å². The Morgan fingerprint density at radius 1 is 1.58 bits per heavy atom. The molecule has 1 amide bonds. The lowest BCUT2D eigenvalue weighted by Gasteiger charge is -2.11. The monoisotopic (exact) mass is 266 g/mol.